The second-order valence-electron chi connectivity index (χ2n) is 10.6. The molecule has 39 heavy (non-hydrogen) atoms. The van der Waals surface area contributed by atoms with Crippen molar-refractivity contribution in [2.24, 2.45) is 21.5 Å². The number of amides is 2. The van der Waals surface area contributed by atoms with Gasteiger partial charge in [0, 0.05) is 18.7 Å². The van der Waals surface area contributed by atoms with Crippen molar-refractivity contribution in [2.45, 2.75) is 61.4 Å². The molecule has 0 radical (unpaired) electrons. The van der Waals surface area contributed by atoms with E-state index in [0.717, 1.165) is 12.0 Å². The van der Waals surface area contributed by atoms with E-state index in [2.05, 4.69) is 20.6 Å². The van der Waals surface area contributed by atoms with E-state index >= 15 is 0 Å². The Labute approximate surface area is 220 Å². The van der Waals surface area contributed by atoms with Crippen molar-refractivity contribution < 1.29 is 37.7 Å². The number of ether oxygens (including phenoxy) is 1. The number of hydrogen-bond donors (Lipinski definition) is 7. The van der Waals surface area contributed by atoms with Crippen LogP contribution in [0.3, 0.4) is 0 Å². The number of halogens is 3. The fourth-order valence-electron chi connectivity index (χ4n) is 5.73. The van der Waals surface area contributed by atoms with Crippen LogP contribution >= 0.6 is 0 Å². The van der Waals surface area contributed by atoms with Crippen LogP contribution in [0.4, 0.5) is 13.2 Å². The molecule has 4 atom stereocenters. The van der Waals surface area contributed by atoms with Crippen molar-refractivity contribution in [3.63, 3.8) is 0 Å². The Morgan fingerprint density at radius 2 is 1.97 bits per heavy atom. The number of nitrogens with zero attached hydrogens (tertiary/aromatic N) is 3. The predicted molar refractivity (Wildman–Crippen MR) is 130 cm³/mol. The third-order valence-corrected chi connectivity index (χ3v) is 7.80. The number of nitrogens with one attached hydrogen (secondary N) is 3. The lowest BCUT2D eigenvalue weighted by atomic mass is 9.79. The van der Waals surface area contributed by atoms with E-state index in [1.807, 2.05) is 19.9 Å². The lowest BCUT2D eigenvalue weighted by Crippen LogP contribution is -2.78. The van der Waals surface area contributed by atoms with Gasteiger partial charge in [-0.05, 0) is 17.9 Å². The number of rotatable bonds is 4. The standard InChI is InChI=1S/C23H29F3N8O5/c1-20(2)6-7-39-14-10(4-3-5-11(14)20)16(35)31-13-9-34-19(28)30-12(8-29-17(36)23(24,25)26)15-21(34,22(13,37)38)33-18(27)32-15/h3-5,12-13,15,37-38H,6-9H2,1-2H3,(H2,28,30)(H,29,36)(H,31,35)(H3,27,32,33)/t12-,13?,15?,21?/m0/s1. The Bertz CT molecular complexity index is 1280. The summed E-state index contributed by atoms with van der Waals surface area (Å²) in [6.45, 7) is 3.53. The molecule has 1 aromatic rings. The van der Waals surface area contributed by atoms with Crippen LogP contribution < -0.4 is 32.2 Å². The normalized spacial score (nSPS) is 30.0. The van der Waals surface area contributed by atoms with E-state index < -0.39 is 54.1 Å². The lowest BCUT2D eigenvalue weighted by Gasteiger charge is -2.49. The molecule has 2 amide bonds. The summed E-state index contributed by atoms with van der Waals surface area (Å²) in [7, 11) is 0. The minimum absolute atomic E-state index is 0.194. The van der Waals surface area contributed by atoms with E-state index in [0.29, 0.717) is 12.4 Å². The maximum atomic E-state index is 13.4. The van der Waals surface area contributed by atoms with Gasteiger partial charge >= 0.3 is 12.1 Å². The molecule has 0 saturated carbocycles. The molecule has 0 aromatic heterocycles. The van der Waals surface area contributed by atoms with Crippen LogP contribution in [0.25, 0.3) is 0 Å². The van der Waals surface area contributed by atoms with Gasteiger partial charge in [-0.15, -0.1) is 0 Å². The Hall–Kier alpha value is -3.79. The van der Waals surface area contributed by atoms with Crippen molar-refractivity contribution in [1.82, 2.24) is 20.9 Å². The molecule has 1 spiro atoms. The van der Waals surface area contributed by atoms with Crippen LogP contribution in [0.1, 0.15) is 36.2 Å². The Morgan fingerprint density at radius 3 is 2.67 bits per heavy atom. The topological polar surface area (TPSA) is 200 Å². The monoisotopic (exact) mass is 554 g/mol. The highest BCUT2D eigenvalue weighted by atomic mass is 19.4. The molecule has 1 aromatic carbocycles. The second kappa shape index (κ2) is 8.61. The molecule has 212 valence electrons. The zero-order chi connectivity index (χ0) is 28.5. The number of hydrogen-bond acceptors (Lipinski definition) is 11. The summed E-state index contributed by atoms with van der Waals surface area (Å²) in [5, 5.41) is 30.0. The van der Waals surface area contributed by atoms with Crippen LogP contribution in [0.5, 0.6) is 5.75 Å². The molecular formula is C23H29F3N8O5. The highest BCUT2D eigenvalue weighted by Gasteiger charge is 2.73. The number of fused-ring (bicyclic) bond motifs is 1. The highest BCUT2D eigenvalue weighted by Crippen LogP contribution is 2.45. The molecule has 1 fully saturated rings. The third kappa shape index (κ3) is 4.00. The van der Waals surface area contributed by atoms with Crippen molar-refractivity contribution >= 4 is 23.7 Å². The van der Waals surface area contributed by atoms with Gasteiger partial charge in [0.25, 0.3) is 5.91 Å². The van der Waals surface area contributed by atoms with Gasteiger partial charge in [0.1, 0.15) is 17.8 Å². The summed E-state index contributed by atoms with van der Waals surface area (Å²) < 4.78 is 44.0. The second-order valence-corrected chi connectivity index (χ2v) is 10.6. The molecule has 4 heterocycles. The number of para-hydroxylation sites is 1. The molecule has 13 nitrogen and oxygen atoms in total. The van der Waals surface area contributed by atoms with E-state index in [1.54, 1.807) is 17.4 Å². The minimum Gasteiger partial charge on any atom is -0.492 e. The van der Waals surface area contributed by atoms with Crippen molar-refractivity contribution in [1.29, 1.82) is 0 Å². The molecule has 0 aliphatic carbocycles. The average Bonchev–Trinajstić information content (AvgIpc) is 3.31. The fraction of sp³-hybridized carbons (Fsp3) is 0.565. The molecule has 16 heteroatoms. The number of alkyl halides is 3. The van der Waals surface area contributed by atoms with Crippen LogP contribution in [-0.2, 0) is 10.2 Å². The third-order valence-electron chi connectivity index (χ3n) is 7.80. The largest absolute Gasteiger partial charge is 0.492 e. The maximum Gasteiger partial charge on any atom is 0.471 e. The molecule has 1 saturated heterocycles. The Balaban J connectivity index is 1.43. The van der Waals surface area contributed by atoms with E-state index in [1.165, 1.54) is 4.90 Å². The summed E-state index contributed by atoms with van der Waals surface area (Å²) in [6, 6.07) is 1.21. The predicted octanol–water partition coefficient (Wildman–Crippen LogP) is -1.80. The molecule has 4 aliphatic heterocycles. The molecular weight excluding hydrogens is 525 g/mol. The van der Waals surface area contributed by atoms with Gasteiger partial charge in [-0.2, -0.15) is 13.2 Å². The van der Waals surface area contributed by atoms with Crippen molar-refractivity contribution in [3.8, 4) is 5.75 Å². The average molecular weight is 555 g/mol. The van der Waals surface area contributed by atoms with Gasteiger partial charge in [-0.25, -0.2) is 9.98 Å². The van der Waals surface area contributed by atoms with Gasteiger partial charge in [0.05, 0.1) is 18.2 Å². The summed E-state index contributed by atoms with van der Waals surface area (Å²) in [4.78, 5) is 34.3. The van der Waals surface area contributed by atoms with Crippen LogP contribution in [0.2, 0.25) is 0 Å². The summed E-state index contributed by atoms with van der Waals surface area (Å²) in [6.07, 6.45) is -4.39. The van der Waals surface area contributed by atoms with Crippen LogP contribution in [-0.4, -0.2) is 94.3 Å². The number of nitrogens with two attached hydrogens (primary N) is 2. The van der Waals surface area contributed by atoms with Gasteiger partial charge in [-0.3, -0.25) is 9.59 Å². The SMILES string of the molecule is CC1(C)CCOc2c(C(=O)NC3CN4C(N)=N[C@@H](CNC(=O)C(F)(F)F)C5N=C(N)NC54C3(O)O)cccc21. The Morgan fingerprint density at radius 1 is 1.26 bits per heavy atom. The van der Waals surface area contributed by atoms with Gasteiger partial charge in [0.2, 0.25) is 5.79 Å². The quantitative estimate of drug-likeness (QED) is 0.210. The van der Waals surface area contributed by atoms with E-state index in [4.69, 9.17) is 16.2 Å². The van der Waals surface area contributed by atoms with E-state index in [9.17, 15) is 33.0 Å². The van der Waals surface area contributed by atoms with Gasteiger partial charge < -0.3 is 47.3 Å². The van der Waals surface area contributed by atoms with Crippen molar-refractivity contribution in [3.05, 3.63) is 29.3 Å². The number of benzene rings is 1. The summed E-state index contributed by atoms with van der Waals surface area (Å²) in [5.41, 5.74) is 10.8. The number of carbonyl (C=O) groups is 2. The number of carbonyl (C=O) groups excluding carboxylic acids is 2. The van der Waals surface area contributed by atoms with Crippen LogP contribution in [0.15, 0.2) is 28.2 Å². The minimum atomic E-state index is -5.14. The van der Waals surface area contributed by atoms with Crippen LogP contribution in [0, 0.1) is 0 Å². The molecule has 0 bridgehead atoms. The first-order valence-electron chi connectivity index (χ1n) is 12.2. The summed E-state index contributed by atoms with van der Waals surface area (Å²) in [5.74, 6) is -5.79. The fourth-order valence-corrected chi connectivity index (χ4v) is 5.73. The first kappa shape index (κ1) is 26.8. The molecule has 3 unspecified atom stereocenters. The number of aliphatic imine (C=N–C) groups is 2. The smallest absolute Gasteiger partial charge is 0.471 e. The molecule has 4 aliphatic rings. The zero-order valence-electron chi connectivity index (χ0n) is 21.0. The molecule has 5 rings (SSSR count). The number of aliphatic hydroxyl groups is 2. The maximum absolute atomic E-state index is 13.4. The van der Waals surface area contributed by atoms with Crippen molar-refractivity contribution in [2.75, 3.05) is 19.7 Å². The summed E-state index contributed by atoms with van der Waals surface area (Å²) >= 11 is 0. The first-order valence-corrected chi connectivity index (χ1v) is 12.2. The Kier molecular flexibility index (Phi) is 5.92. The number of guanidine groups is 2. The van der Waals surface area contributed by atoms with Gasteiger partial charge in [-0.1, -0.05) is 26.0 Å². The highest BCUT2D eigenvalue weighted by molar-refractivity contribution is 5.98. The molecule has 9 N–H and O–H groups in total. The lowest BCUT2D eigenvalue weighted by molar-refractivity contribution is -0.230. The van der Waals surface area contributed by atoms with E-state index in [-0.39, 0.29) is 29.4 Å². The first-order chi connectivity index (χ1) is 18.1. The zero-order valence-corrected chi connectivity index (χ0v) is 21.0. The van der Waals surface area contributed by atoms with Gasteiger partial charge in [0.15, 0.2) is 17.6 Å².